The molecule has 5 nitrogen and oxygen atoms in total. The number of hydrogen-bond acceptors (Lipinski definition) is 5. The molecule has 0 radical (unpaired) electrons. The second kappa shape index (κ2) is 8.60. The van der Waals surface area contributed by atoms with Crippen molar-refractivity contribution in [2.24, 2.45) is 5.10 Å². The summed E-state index contributed by atoms with van der Waals surface area (Å²) in [6, 6.07) is 20.4. The Labute approximate surface area is 155 Å². The summed E-state index contributed by atoms with van der Waals surface area (Å²) in [6.45, 7) is 0.327. The van der Waals surface area contributed by atoms with Crippen molar-refractivity contribution in [1.29, 1.82) is 5.26 Å². The third-order valence-corrected chi connectivity index (χ3v) is 4.41. The number of ether oxygens (including phenoxy) is 1. The highest BCUT2D eigenvalue weighted by atomic mass is 32.1. The first-order valence-corrected chi connectivity index (χ1v) is 8.72. The molecule has 1 amide bonds. The van der Waals surface area contributed by atoms with E-state index < -0.39 is 0 Å². The second-order valence-electron chi connectivity index (χ2n) is 5.30. The summed E-state index contributed by atoms with van der Waals surface area (Å²) < 4.78 is 5.72. The molecule has 1 heterocycles. The van der Waals surface area contributed by atoms with Crippen LogP contribution in [-0.2, 0) is 6.61 Å². The first-order chi connectivity index (χ1) is 12.8. The van der Waals surface area contributed by atoms with Crippen LogP contribution < -0.4 is 10.2 Å². The van der Waals surface area contributed by atoms with Crippen LogP contribution in [0, 0.1) is 11.3 Å². The summed E-state index contributed by atoms with van der Waals surface area (Å²) in [6.07, 6.45) is 1.57. The van der Waals surface area contributed by atoms with Crippen LogP contribution in [0.5, 0.6) is 5.75 Å². The van der Waals surface area contributed by atoms with Crippen LogP contribution >= 0.6 is 11.3 Å². The van der Waals surface area contributed by atoms with E-state index in [1.165, 1.54) is 11.3 Å². The number of carbonyl (C=O) groups is 1. The average molecular weight is 361 g/mol. The number of carbonyl (C=O) groups excluding carboxylic acids is 1. The zero-order chi connectivity index (χ0) is 18.2. The summed E-state index contributed by atoms with van der Waals surface area (Å²) in [7, 11) is 0. The zero-order valence-corrected chi connectivity index (χ0v) is 14.6. The molecule has 0 aliphatic carbocycles. The normalized spacial score (nSPS) is 10.4. The number of rotatable bonds is 6. The van der Waals surface area contributed by atoms with Gasteiger partial charge >= 0.3 is 0 Å². The number of hydrogen-bond donors (Lipinski definition) is 1. The molecule has 0 spiro atoms. The Morgan fingerprint density at radius 3 is 2.69 bits per heavy atom. The van der Waals surface area contributed by atoms with Crippen LogP contribution in [0.2, 0.25) is 0 Å². The van der Waals surface area contributed by atoms with Crippen LogP contribution in [0.4, 0.5) is 0 Å². The molecule has 128 valence electrons. The molecule has 0 bridgehead atoms. The smallest absolute Gasteiger partial charge is 0.281 e. The third-order valence-electron chi connectivity index (χ3n) is 3.54. The van der Waals surface area contributed by atoms with Crippen molar-refractivity contribution >= 4 is 23.5 Å². The van der Waals surface area contributed by atoms with Gasteiger partial charge in [-0.1, -0.05) is 24.3 Å². The molecule has 0 saturated heterocycles. The molecule has 0 aliphatic rings. The third kappa shape index (κ3) is 4.56. The maximum Gasteiger partial charge on any atom is 0.281 e. The quantitative estimate of drug-likeness (QED) is 0.533. The van der Waals surface area contributed by atoms with Crippen molar-refractivity contribution in [1.82, 2.24) is 5.43 Å². The summed E-state index contributed by atoms with van der Waals surface area (Å²) in [4.78, 5) is 12.4. The maximum atomic E-state index is 11.8. The van der Waals surface area contributed by atoms with Gasteiger partial charge in [0.05, 0.1) is 22.7 Å². The van der Waals surface area contributed by atoms with Crippen molar-refractivity contribution in [2.45, 2.75) is 6.61 Å². The van der Waals surface area contributed by atoms with Crippen molar-refractivity contribution in [3.8, 4) is 11.8 Å². The van der Waals surface area contributed by atoms with E-state index in [0.29, 0.717) is 22.8 Å². The monoisotopic (exact) mass is 361 g/mol. The van der Waals surface area contributed by atoms with E-state index in [2.05, 4.69) is 16.6 Å². The number of amides is 1. The molecule has 26 heavy (non-hydrogen) atoms. The Balaban J connectivity index is 1.54. The maximum absolute atomic E-state index is 11.8. The lowest BCUT2D eigenvalue weighted by atomic mass is 10.1. The number of thiophene rings is 1. The van der Waals surface area contributed by atoms with E-state index in [9.17, 15) is 4.79 Å². The fourth-order valence-electron chi connectivity index (χ4n) is 2.19. The number of nitrogens with one attached hydrogen (secondary N) is 1. The van der Waals surface area contributed by atoms with Crippen molar-refractivity contribution < 1.29 is 9.53 Å². The number of benzene rings is 2. The predicted molar refractivity (Wildman–Crippen MR) is 101 cm³/mol. The Hall–Kier alpha value is -3.43. The molecule has 0 unspecified atom stereocenters. The van der Waals surface area contributed by atoms with E-state index in [4.69, 9.17) is 10.00 Å². The molecular formula is C20H15N3O2S. The molecule has 0 saturated carbocycles. The highest BCUT2D eigenvalue weighted by Gasteiger charge is 2.04. The fourth-order valence-corrected chi connectivity index (χ4v) is 2.81. The van der Waals surface area contributed by atoms with E-state index in [0.717, 1.165) is 11.1 Å². The van der Waals surface area contributed by atoms with E-state index >= 15 is 0 Å². The highest BCUT2D eigenvalue weighted by Crippen LogP contribution is 2.15. The minimum Gasteiger partial charge on any atom is -0.489 e. The Kier molecular flexibility index (Phi) is 5.76. The number of nitriles is 1. The minimum absolute atomic E-state index is 0.229. The van der Waals surface area contributed by atoms with Crippen LogP contribution in [0.15, 0.2) is 71.1 Å². The topological polar surface area (TPSA) is 74.5 Å². The lowest BCUT2D eigenvalue weighted by Crippen LogP contribution is -2.16. The second-order valence-corrected chi connectivity index (χ2v) is 6.25. The highest BCUT2D eigenvalue weighted by molar-refractivity contribution is 7.12. The lowest BCUT2D eigenvalue weighted by molar-refractivity contribution is 0.0959. The number of hydrazone groups is 1. The van der Waals surface area contributed by atoms with E-state index in [1.807, 2.05) is 53.9 Å². The van der Waals surface area contributed by atoms with Crippen LogP contribution in [0.1, 0.15) is 26.4 Å². The molecule has 0 fully saturated rings. The largest absolute Gasteiger partial charge is 0.489 e. The SMILES string of the molecule is N#Cc1ccccc1COc1ccc(/C=N\NC(=O)c2cccs2)cc1. The van der Waals surface area contributed by atoms with Gasteiger partial charge in [-0.2, -0.15) is 10.4 Å². The Morgan fingerprint density at radius 2 is 1.96 bits per heavy atom. The van der Waals surface area contributed by atoms with Crippen molar-refractivity contribution in [3.05, 3.63) is 87.6 Å². The molecule has 3 aromatic rings. The summed E-state index contributed by atoms with van der Waals surface area (Å²) in [5.74, 6) is 0.463. The van der Waals surface area contributed by atoms with Crippen LogP contribution in [0.3, 0.4) is 0 Å². The molecule has 1 aromatic heterocycles. The van der Waals surface area contributed by atoms with Crippen LogP contribution in [-0.4, -0.2) is 12.1 Å². The molecule has 1 N–H and O–H groups in total. The van der Waals surface area contributed by atoms with Crippen molar-refractivity contribution in [2.75, 3.05) is 0 Å². The van der Waals surface area contributed by atoms with Gasteiger partial charge < -0.3 is 4.74 Å². The predicted octanol–water partition coefficient (Wildman–Crippen LogP) is 3.96. The van der Waals surface area contributed by atoms with Gasteiger partial charge in [0.15, 0.2) is 0 Å². The molecule has 0 atom stereocenters. The standard InChI is InChI=1S/C20H15N3O2S/c21-12-16-4-1-2-5-17(16)14-25-18-9-7-15(8-10-18)13-22-23-20(24)19-6-3-11-26-19/h1-11,13H,14H2,(H,23,24)/b22-13-. The summed E-state index contributed by atoms with van der Waals surface area (Å²) >= 11 is 1.36. The van der Waals surface area contributed by atoms with Crippen molar-refractivity contribution in [3.63, 3.8) is 0 Å². The molecule has 2 aromatic carbocycles. The van der Waals surface area contributed by atoms with Gasteiger partial charge in [-0.15, -0.1) is 11.3 Å². The molecule has 0 aliphatic heterocycles. The molecular weight excluding hydrogens is 346 g/mol. The minimum atomic E-state index is -0.229. The van der Waals surface area contributed by atoms with Gasteiger partial charge in [-0.25, -0.2) is 5.43 Å². The summed E-state index contributed by atoms with van der Waals surface area (Å²) in [5.41, 5.74) is 4.77. The molecule has 6 heteroatoms. The summed E-state index contributed by atoms with van der Waals surface area (Å²) in [5, 5.41) is 14.9. The first kappa shape index (κ1) is 17.4. The first-order valence-electron chi connectivity index (χ1n) is 7.84. The van der Waals surface area contributed by atoms with Crippen LogP contribution in [0.25, 0.3) is 0 Å². The van der Waals surface area contributed by atoms with Gasteiger partial charge in [0, 0.05) is 5.56 Å². The molecule has 3 rings (SSSR count). The van der Waals surface area contributed by atoms with Gasteiger partial charge in [-0.3, -0.25) is 4.79 Å². The zero-order valence-electron chi connectivity index (χ0n) is 13.8. The number of nitrogens with zero attached hydrogens (tertiary/aromatic N) is 2. The lowest BCUT2D eigenvalue weighted by Gasteiger charge is -2.07. The Bertz CT molecular complexity index is 942. The van der Waals surface area contributed by atoms with Gasteiger partial charge in [-0.05, 0) is 47.3 Å². The van der Waals surface area contributed by atoms with Gasteiger partial charge in [0.1, 0.15) is 12.4 Å². The van der Waals surface area contributed by atoms with E-state index in [-0.39, 0.29) is 5.91 Å². The van der Waals surface area contributed by atoms with E-state index in [1.54, 1.807) is 18.3 Å². The fraction of sp³-hybridized carbons (Fsp3) is 0.0500. The van der Waals surface area contributed by atoms with Gasteiger partial charge in [0.2, 0.25) is 0 Å². The Morgan fingerprint density at radius 1 is 1.15 bits per heavy atom. The average Bonchev–Trinajstić information content (AvgIpc) is 3.22. The van der Waals surface area contributed by atoms with Gasteiger partial charge in [0.25, 0.3) is 5.91 Å².